The van der Waals surface area contributed by atoms with Crippen molar-refractivity contribution in [2.45, 2.75) is 209 Å². The fraction of sp³-hybridized carbons (Fsp3) is 0.474. The first-order valence-corrected chi connectivity index (χ1v) is 37.0. The maximum atomic E-state index is 16.2. The third kappa shape index (κ3) is 19.7. The highest BCUT2D eigenvalue weighted by atomic mass is 35.5. The van der Waals surface area contributed by atoms with Crippen molar-refractivity contribution in [2.24, 2.45) is 11.7 Å². The molecule has 115 heavy (non-hydrogen) atoms. The Morgan fingerprint density at radius 2 is 1.27 bits per heavy atom. The van der Waals surface area contributed by atoms with Crippen molar-refractivity contribution in [1.29, 1.82) is 0 Å². The quantitative estimate of drug-likeness (QED) is 0.0758. The smallest absolute Gasteiger partial charge is 0.410 e. The van der Waals surface area contributed by atoms with Gasteiger partial charge in [-0.3, -0.25) is 38.5 Å². The number of rotatable bonds is 14. The number of aliphatic hydroxyl groups excluding tert-OH is 6. The predicted octanol–water partition coefficient (Wildman–Crippen LogP) is 3.32. The number of carboxylic acids is 1. The number of carbonyl (C=O) groups is 10. The molecule has 12 rings (SSSR count). The van der Waals surface area contributed by atoms with Gasteiger partial charge >= 0.3 is 18.2 Å². The Morgan fingerprint density at radius 3 is 1.84 bits per heavy atom. The summed E-state index contributed by atoms with van der Waals surface area (Å²) in [6.45, 7) is 14.8. The van der Waals surface area contributed by atoms with Crippen LogP contribution in [0.2, 0.25) is 10.0 Å². The number of primary amides is 1. The molecule has 2 saturated heterocycles. The fourth-order valence-electron chi connectivity index (χ4n) is 13.6. The first-order chi connectivity index (χ1) is 53.7. The molecule has 37 nitrogen and oxygen atoms in total. The number of alkyl carbamates (subject to hydrolysis) is 1. The van der Waals surface area contributed by atoms with E-state index in [1.165, 1.54) is 20.9 Å². The largest absolute Gasteiger partial charge is 0.508 e. The summed E-state index contributed by atoms with van der Waals surface area (Å²) in [5.41, 5.74) is -1.11. The number of aromatic hydroxyl groups is 3. The summed E-state index contributed by atoms with van der Waals surface area (Å²) in [6, 6.07) is -2.13. The second kappa shape index (κ2) is 34.5. The number of carbonyl (C=O) groups excluding carboxylic acids is 9. The van der Waals surface area contributed by atoms with Gasteiger partial charge in [0.2, 0.25) is 53.4 Å². The zero-order chi connectivity index (χ0) is 84.7. The molecule has 7 aliphatic heterocycles. The van der Waals surface area contributed by atoms with Gasteiger partial charge in [-0.1, -0.05) is 55.2 Å². The van der Waals surface area contributed by atoms with Crippen LogP contribution in [-0.4, -0.2) is 219 Å². The van der Waals surface area contributed by atoms with Crippen LogP contribution < -0.4 is 57.2 Å². The molecule has 10 unspecified atom stereocenters. The van der Waals surface area contributed by atoms with E-state index < -0.39 is 283 Å². The van der Waals surface area contributed by atoms with Gasteiger partial charge in [-0.15, -0.1) is 0 Å². The van der Waals surface area contributed by atoms with Crippen molar-refractivity contribution < 1.29 is 137 Å². The zero-order valence-corrected chi connectivity index (χ0v) is 65.3. The van der Waals surface area contributed by atoms with E-state index in [1.807, 2.05) is 0 Å². The lowest BCUT2D eigenvalue weighted by Crippen LogP contribution is -2.66. The van der Waals surface area contributed by atoms with Crippen LogP contribution in [0.15, 0.2) is 78.9 Å². The molecule has 2 fully saturated rings. The highest BCUT2D eigenvalue weighted by Gasteiger charge is 2.53. The van der Waals surface area contributed by atoms with Crippen LogP contribution in [0, 0.1) is 5.92 Å². The van der Waals surface area contributed by atoms with Crippen molar-refractivity contribution in [1.82, 2.24) is 42.1 Å². The normalized spacial score (nSPS) is 27.4. The number of aliphatic carboxylic acids is 1. The molecular weight excluding hydrogens is 1560 g/mol. The van der Waals surface area contributed by atoms with Crippen molar-refractivity contribution in [2.75, 3.05) is 13.7 Å². The number of likely N-dealkylation sites (N-methyl/N-ethyl adjacent to an activating group) is 1. The molecule has 19 N–H and O–H groups in total. The first kappa shape index (κ1) is 86.8. The molecule has 9 amide bonds. The molecule has 0 radical (unpaired) electrons. The number of phenolic OH excluding ortho intramolecular Hbond substituents is 3. The molecule has 0 aliphatic carbocycles. The van der Waals surface area contributed by atoms with Crippen LogP contribution >= 0.6 is 23.2 Å². The van der Waals surface area contributed by atoms with E-state index in [-0.39, 0.29) is 23.5 Å². The second-order valence-corrected chi connectivity index (χ2v) is 31.8. The van der Waals surface area contributed by atoms with E-state index in [1.54, 1.807) is 55.4 Å². The highest BCUT2D eigenvalue weighted by Crippen LogP contribution is 2.50. The minimum atomic E-state index is -2.43. The fourth-order valence-corrected chi connectivity index (χ4v) is 14.1. The van der Waals surface area contributed by atoms with E-state index in [0.29, 0.717) is 0 Å². The molecule has 0 saturated carbocycles. The lowest BCUT2D eigenvalue weighted by Gasteiger charge is -2.48. The van der Waals surface area contributed by atoms with E-state index in [0.717, 1.165) is 83.8 Å². The number of hydrogen-bond acceptors (Lipinski definition) is 27. The number of fused-ring (bicyclic) bond motifs is 15. The van der Waals surface area contributed by atoms with E-state index in [2.05, 4.69) is 37.2 Å². The summed E-state index contributed by atoms with van der Waals surface area (Å²) >= 11 is 14.3. The van der Waals surface area contributed by atoms with Crippen molar-refractivity contribution in [3.63, 3.8) is 0 Å². The standard InChI is InChI=1S/C76H91Cl2N9O28/c1-29(2)18-41(87(11)73(107)115-75(7,8)9)65(99)84-55-57(93)32-13-16-44(38(77)20-32)109-46-22-34-23-47(61(46)113-71-62(60(96)59(95)48(28-88)111-71)112-50-27-76(10,63(97)30(3)108-50)86-72(106)114-74(4,5)6)110-45-17-14-33(21-39(45)78)58(94)56-69(103)83-54(70(104)105)37-24-35(89)25-43(91)51(37)36-19-31(12-15-42(36)90)52(66(100)85-56)82-67(101)53(34)81-64(98)40(26-49(79)92)80-68(55)102/h12-17,19-25,29-30,40-41,48,50,52-60,62-63,71,88-91,93-97H,18,26-28H2,1-11H3,(H2,79,92)(H,80,102)(H,81,98)(H,82,101)(H,83,103)(H,84,99)(H,85,100)(H,86,106)(H,104,105)/t30?,40-,41+,48?,50?,52+,53+,54-,55+,56?,57+,58+,59?,60?,62?,63?,71?,76?/m0/s1. The van der Waals surface area contributed by atoms with Crippen LogP contribution in [0.5, 0.6) is 46.0 Å². The zero-order valence-electron chi connectivity index (χ0n) is 63.8. The van der Waals surface area contributed by atoms with Crippen LogP contribution in [0.1, 0.15) is 147 Å². The Hall–Kier alpha value is -10.6. The summed E-state index contributed by atoms with van der Waals surface area (Å²) in [6.07, 6.45) is -22.4. The molecule has 7 aliphatic rings. The number of carboxylic acid groups (broad SMARTS) is 1. The number of amides is 9. The summed E-state index contributed by atoms with van der Waals surface area (Å²) in [7, 11) is 1.25. The van der Waals surface area contributed by atoms with E-state index in [4.69, 9.17) is 66.8 Å². The molecule has 39 heteroatoms. The van der Waals surface area contributed by atoms with Crippen molar-refractivity contribution in [3.8, 4) is 57.1 Å². The average molecular weight is 1650 g/mol. The van der Waals surface area contributed by atoms with Gasteiger partial charge in [0.15, 0.2) is 29.9 Å². The third-order valence-corrected chi connectivity index (χ3v) is 19.9. The number of aliphatic hydroxyl groups is 6. The third-order valence-electron chi connectivity index (χ3n) is 19.3. The number of phenols is 3. The number of hydrogen-bond donors (Lipinski definition) is 18. The van der Waals surface area contributed by atoms with Gasteiger partial charge in [0.05, 0.1) is 34.7 Å². The summed E-state index contributed by atoms with van der Waals surface area (Å²) < 4.78 is 49.9. The van der Waals surface area contributed by atoms with E-state index in [9.17, 15) is 79.8 Å². The number of nitrogens with one attached hydrogen (secondary N) is 7. The topological polar surface area (TPSA) is 560 Å². The maximum Gasteiger partial charge on any atom is 0.410 e. The van der Waals surface area contributed by atoms with Gasteiger partial charge < -0.3 is 132 Å². The Bertz CT molecular complexity index is 4620. The number of ether oxygens (including phenoxy) is 8. The number of halogens is 2. The number of nitrogens with two attached hydrogens (primary N) is 1. The van der Waals surface area contributed by atoms with Gasteiger partial charge in [0, 0.05) is 36.2 Å². The summed E-state index contributed by atoms with van der Waals surface area (Å²) in [5.74, 6) is -17.3. The minimum Gasteiger partial charge on any atom is -0.508 e. The Labute approximate surface area is 666 Å². The van der Waals surface area contributed by atoms with Crippen LogP contribution in [0.4, 0.5) is 9.59 Å². The molecule has 5 aromatic carbocycles. The Balaban J connectivity index is 1.22. The molecule has 0 spiro atoms. The van der Waals surface area contributed by atoms with Gasteiger partial charge in [0.25, 0.3) is 0 Å². The van der Waals surface area contributed by atoms with Gasteiger partial charge in [-0.2, -0.15) is 0 Å². The van der Waals surface area contributed by atoms with Gasteiger partial charge in [0.1, 0.15) is 113 Å². The lowest BCUT2D eigenvalue weighted by atomic mass is 9.85. The SMILES string of the molecule is CC(C)C[C@H](C(=O)N[C@H]1C(=O)N[C@@H](CC(N)=O)C(=O)N[C@H]2C(=O)N[C@H]3C(=O)NC(C(=O)N[C@H](C(=O)O)c4cc(O)cc(O)c4-c4cc3ccc4O)[C@H](O)c3ccc(c(Cl)c3)Oc3cc2cc(c3OC2OC(CO)C(O)C(O)C2OC2CC(C)(NC(=O)OC(C)(C)C)C(O)C(C)O2)Oc2ccc(cc2Cl)[C@H]1O)N(C)C(=O)OC(C)(C)C. The Kier molecular flexibility index (Phi) is 26.0. The highest BCUT2D eigenvalue weighted by molar-refractivity contribution is 6.32. The van der Waals surface area contributed by atoms with Crippen LogP contribution in [0.3, 0.4) is 0 Å². The molecule has 0 aromatic heterocycles. The van der Waals surface area contributed by atoms with Crippen LogP contribution in [-0.2, 0) is 62.0 Å². The second-order valence-electron chi connectivity index (χ2n) is 31.0. The lowest BCUT2D eigenvalue weighted by molar-refractivity contribution is -0.334. The molecule has 18 atom stereocenters. The minimum absolute atomic E-state index is 0.0820. The maximum absolute atomic E-state index is 16.2. The van der Waals surface area contributed by atoms with Crippen molar-refractivity contribution in [3.05, 3.63) is 117 Å². The monoisotopic (exact) mass is 1650 g/mol. The van der Waals surface area contributed by atoms with Crippen molar-refractivity contribution >= 4 is 82.7 Å². The molecule has 11 bridgehead atoms. The van der Waals surface area contributed by atoms with Gasteiger partial charge in [-0.05, 0) is 145 Å². The number of benzene rings is 5. The number of nitrogens with zero attached hydrogens (tertiary/aromatic N) is 1. The molecule has 7 heterocycles. The molecule has 5 aromatic rings. The van der Waals surface area contributed by atoms with Crippen LogP contribution in [0.25, 0.3) is 11.1 Å². The molecular formula is C76H91Cl2N9O28. The summed E-state index contributed by atoms with van der Waals surface area (Å²) in [4.78, 5) is 147. The van der Waals surface area contributed by atoms with E-state index >= 15 is 19.2 Å². The van der Waals surface area contributed by atoms with Gasteiger partial charge in [-0.25, -0.2) is 14.4 Å². The predicted molar refractivity (Wildman–Crippen MR) is 399 cm³/mol. The Morgan fingerprint density at radius 1 is 0.687 bits per heavy atom. The first-order valence-electron chi connectivity index (χ1n) is 36.2. The average Bonchev–Trinajstić information content (AvgIpc) is 0.769. The molecule has 622 valence electrons. The summed E-state index contributed by atoms with van der Waals surface area (Å²) in [5, 5.41) is 132.